The molecule has 27 heavy (non-hydrogen) atoms. The topological polar surface area (TPSA) is 85.3 Å². The molecule has 2 N–H and O–H groups in total. The molecule has 2 heterocycles. The van der Waals surface area contributed by atoms with Crippen LogP contribution in [0.25, 0.3) is 5.69 Å². The third-order valence-corrected chi connectivity index (χ3v) is 4.28. The second-order valence-electron chi connectivity index (χ2n) is 5.22. The molecule has 0 saturated heterocycles. The number of thiophene rings is 1. The summed E-state index contributed by atoms with van der Waals surface area (Å²) in [7, 11) is 0. The smallest absolute Gasteiger partial charge is 0.387 e. The van der Waals surface area contributed by atoms with Crippen molar-refractivity contribution in [2.45, 2.75) is 6.61 Å². The molecule has 0 spiro atoms. The van der Waals surface area contributed by atoms with Crippen molar-refractivity contribution in [3.8, 4) is 11.4 Å². The van der Waals surface area contributed by atoms with E-state index in [4.69, 9.17) is 0 Å². The molecule has 0 unspecified atom stereocenters. The van der Waals surface area contributed by atoms with E-state index in [1.807, 2.05) is 0 Å². The summed E-state index contributed by atoms with van der Waals surface area (Å²) < 4.78 is 30.5. The van der Waals surface area contributed by atoms with Gasteiger partial charge in [-0.3, -0.25) is 9.59 Å². The van der Waals surface area contributed by atoms with E-state index in [0.29, 0.717) is 5.69 Å². The van der Waals surface area contributed by atoms with Crippen molar-refractivity contribution in [1.82, 2.24) is 15.1 Å². The lowest BCUT2D eigenvalue weighted by Crippen LogP contribution is -2.32. The summed E-state index contributed by atoms with van der Waals surface area (Å²) >= 11 is 0.945. The summed E-state index contributed by atoms with van der Waals surface area (Å²) in [4.78, 5) is 24.0. The number of amides is 2. The van der Waals surface area contributed by atoms with E-state index in [1.165, 1.54) is 11.4 Å². The van der Waals surface area contributed by atoms with Gasteiger partial charge in [0.1, 0.15) is 10.6 Å². The summed E-state index contributed by atoms with van der Waals surface area (Å²) in [5.41, 5.74) is 1.37. The second-order valence-corrected chi connectivity index (χ2v) is 6.14. The van der Waals surface area contributed by atoms with Crippen molar-refractivity contribution in [3.63, 3.8) is 0 Å². The van der Waals surface area contributed by atoms with Gasteiger partial charge in [0, 0.05) is 18.1 Å². The molecule has 0 aliphatic carbocycles. The van der Waals surface area contributed by atoms with Gasteiger partial charge in [0.2, 0.25) is 5.91 Å². The molecular weight excluding hydrogens is 378 g/mol. The fraction of sp³-hybridized carbons (Fsp3) is 0.118. The first-order valence-electron chi connectivity index (χ1n) is 7.73. The van der Waals surface area contributed by atoms with Crippen molar-refractivity contribution in [2.75, 3.05) is 11.9 Å². The molecule has 0 aliphatic heterocycles. The van der Waals surface area contributed by atoms with E-state index in [0.717, 1.165) is 17.0 Å². The summed E-state index contributed by atoms with van der Waals surface area (Å²) in [6.45, 7) is -3.34. The molecule has 2 aromatic heterocycles. The number of aromatic nitrogens is 2. The first-order chi connectivity index (χ1) is 13.0. The van der Waals surface area contributed by atoms with Crippen LogP contribution in [0.15, 0.2) is 54.2 Å². The zero-order valence-electron chi connectivity index (χ0n) is 13.8. The third kappa shape index (κ3) is 4.88. The highest BCUT2D eigenvalue weighted by Crippen LogP contribution is 2.26. The number of nitrogens with zero attached hydrogens (tertiary/aromatic N) is 2. The van der Waals surface area contributed by atoms with Crippen LogP contribution in [0, 0.1) is 0 Å². The third-order valence-electron chi connectivity index (χ3n) is 3.38. The lowest BCUT2D eigenvalue weighted by Gasteiger charge is -2.09. The summed E-state index contributed by atoms with van der Waals surface area (Å²) in [6, 6.07) is 10.0. The van der Waals surface area contributed by atoms with Crippen molar-refractivity contribution in [2.24, 2.45) is 0 Å². The van der Waals surface area contributed by atoms with Crippen molar-refractivity contribution in [3.05, 3.63) is 59.0 Å². The van der Waals surface area contributed by atoms with Crippen LogP contribution < -0.4 is 15.4 Å². The molecule has 10 heteroatoms. The molecule has 0 bridgehead atoms. The summed E-state index contributed by atoms with van der Waals surface area (Å²) in [5, 5.41) is 10.6. The van der Waals surface area contributed by atoms with Crippen LogP contribution >= 0.6 is 11.3 Å². The SMILES string of the molecule is O=C(CNC(=O)c1sccc1OC(F)F)Nc1ccc(-n2cccn2)cc1. The van der Waals surface area contributed by atoms with Crippen LogP contribution in [-0.4, -0.2) is 34.8 Å². The van der Waals surface area contributed by atoms with Gasteiger partial charge >= 0.3 is 6.61 Å². The van der Waals surface area contributed by atoms with Crippen LogP contribution in [0.3, 0.4) is 0 Å². The highest BCUT2D eigenvalue weighted by Gasteiger charge is 2.18. The fourth-order valence-electron chi connectivity index (χ4n) is 2.22. The number of carbonyl (C=O) groups excluding carboxylic acids is 2. The van der Waals surface area contributed by atoms with Crippen LogP contribution in [-0.2, 0) is 4.79 Å². The van der Waals surface area contributed by atoms with Gasteiger partial charge in [0.25, 0.3) is 5.91 Å². The summed E-state index contributed by atoms with van der Waals surface area (Å²) in [5.74, 6) is -1.34. The number of hydrogen-bond donors (Lipinski definition) is 2. The predicted octanol–water partition coefficient (Wildman–Crippen LogP) is 2.90. The molecule has 0 radical (unpaired) electrons. The average molecular weight is 392 g/mol. The number of halogens is 2. The monoisotopic (exact) mass is 392 g/mol. The molecule has 0 fully saturated rings. The Labute approximate surface area is 156 Å². The zero-order valence-corrected chi connectivity index (χ0v) is 14.6. The largest absolute Gasteiger partial charge is 0.433 e. The molecule has 2 amide bonds. The highest BCUT2D eigenvalue weighted by atomic mass is 32.1. The lowest BCUT2D eigenvalue weighted by atomic mass is 10.3. The minimum absolute atomic E-state index is 0.0216. The molecular formula is C17H14F2N4O3S. The molecule has 0 saturated carbocycles. The number of benzene rings is 1. The molecule has 140 valence electrons. The number of carbonyl (C=O) groups is 2. The predicted molar refractivity (Wildman–Crippen MR) is 95.5 cm³/mol. The quantitative estimate of drug-likeness (QED) is 0.648. The highest BCUT2D eigenvalue weighted by molar-refractivity contribution is 7.12. The Hall–Kier alpha value is -3.27. The van der Waals surface area contributed by atoms with E-state index >= 15 is 0 Å². The van der Waals surface area contributed by atoms with E-state index in [1.54, 1.807) is 47.4 Å². The van der Waals surface area contributed by atoms with Gasteiger partial charge in [-0.15, -0.1) is 11.3 Å². The van der Waals surface area contributed by atoms with Gasteiger partial charge < -0.3 is 15.4 Å². The minimum Gasteiger partial charge on any atom is -0.433 e. The van der Waals surface area contributed by atoms with Crippen LogP contribution in [0.4, 0.5) is 14.5 Å². The molecule has 0 aliphatic rings. The maximum Gasteiger partial charge on any atom is 0.387 e. The Morgan fingerprint density at radius 3 is 2.67 bits per heavy atom. The van der Waals surface area contributed by atoms with Crippen LogP contribution in [0.2, 0.25) is 0 Å². The Morgan fingerprint density at radius 2 is 2.00 bits per heavy atom. The Bertz CT molecular complexity index is 911. The number of nitrogens with one attached hydrogen (secondary N) is 2. The number of rotatable bonds is 7. The fourth-order valence-corrected chi connectivity index (χ4v) is 2.96. The van der Waals surface area contributed by atoms with E-state index in [9.17, 15) is 18.4 Å². The van der Waals surface area contributed by atoms with Crippen molar-refractivity contribution < 1.29 is 23.1 Å². The Balaban J connectivity index is 1.52. The number of hydrogen-bond acceptors (Lipinski definition) is 5. The molecule has 7 nitrogen and oxygen atoms in total. The minimum atomic E-state index is -3.03. The maximum atomic E-state index is 12.3. The van der Waals surface area contributed by atoms with Gasteiger partial charge in [-0.25, -0.2) is 4.68 Å². The molecule has 3 rings (SSSR count). The molecule has 3 aromatic rings. The average Bonchev–Trinajstić information content (AvgIpc) is 3.32. The number of anilines is 1. The van der Waals surface area contributed by atoms with Gasteiger partial charge in [0.15, 0.2) is 0 Å². The van der Waals surface area contributed by atoms with Crippen molar-refractivity contribution >= 4 is 28.8 Å². The van der Waals surface area contributed by atoms with Crippen LogP contribution in [0.5, 0.6) is 5.75 Å². The van der Waals surface area contributed by atoms with Crippen molar-refractivity contribution in [1.29, 1.82) is 0 Å². The van der Waals surface area contributed by atoms with Gasteiger partial charge in [-0.1, -0.05) is 0 Å². The molecule has 1 aromatic carbocycles. The maximum absolute atomic E-state index is 12.3. The van der Waals surface area contributed by atoms with Gasteiger partial charge in [-0.2, -0.15) is 13.9 Å². The van der Waals surface area contributed by atoms with Gasteiger partial charge in [-0.05, 0) is 41.8 Å². The normalized spacial score (nSPS) is 10.6. The first kappa shape index (κ1) is 18.5. The second kappa shape index (κ2) is 8.41. The Kier molecular flexibility index (Phi) is 5.77. The van der Waals surface area contributed by atoms with Crippen LogP contribution in [0.1, 0.15) is 9.67 Å². The zero-order chi connectivity index (χ0) is 19.2. The van der Waals surface area contributed by atoms with E-state index in [-0.39, 0.29) is 17.2 Å². The lowest BCUT2D eigenvalue weighted by molar-refractivity contribution is -0.115. The first-order valence-corrected chi connectivity index (χ1v) is 8.61. The Morgan fingerprint density at radius 1 is 1.22 bits per heavy atom. The van der Waals surface area contributed by atoms with E-state index < -0.39 is 18.4 Å². The molecule has 0 atom stereocenters. The van der Waals surface area contributed by atoms with Gasteiger partial charge in [0.05, 0.1) is 12.2 Å². The number of alkyl halides is 2. The summed E-state index contributed by atoms with van der Waals surface area (Å²) in [6.07, 6.45) is 3.45. The number of ether oxygens (including phenoxy) is 1. The standard InChI is InChI=1S/C17H14F2N4O3S/c18-17(19)26-13-6-9-27-15(13)16(25)20-10-14(24)22-11-2-4-12(5-3-11)23-8-1-7-21-23/h1-9,17H,10H2,(H,20,25)(H,22,24). The van der Waals surface area contributed by atoms with E-state index in [2.05, 4.69) is 20.5 Å².